The zero-order valence-electron chi connectivity index (χ0n) is 28.7. The molecule has 234 valence electrons. The van der Waals surface area contributed by atoms with Gasteiger partial charge in [-0.1, -0.05) is 90.1 Å². The van der Waals surface area contributed by atoms with Crippen LogP contribution < -0.4 is 0 Å². The number of rotatable bonds is 2. The molecule has 1 unspecified atom stereocenters. The molecular formula is C38H62N4. The van der Waals surface area contributed by atoms with Crippen molar-refractivity contribution < 1.29 is 0 Å². The number of hydrogen-bond donors (Lipinski definition) is 0. The second-order valence-corrected chi connectivity index (χ2v) is 16.7. The Labute approximate surface area is 259 Å². The molecule has 4 heterocycles. The highest BCUT2D eigenvalue weighted by molar-refractivity contribution is 5.30. The SMILES string of the molecule is CC(C)(C)CN1CCc2ccccc2C1.CC(C)(C)CN1Cc2ccccc2C1.CC(C)(C)N1CCN2CCCC2C1. The average molecular weight is 575 g/mol. The van der Waals surface area contributed by atoms with Crippen LogP contribution in [0.2, 0.25) is 0 Å². The van der Waals surface area contributed by atoms with E-state index in [4.69, 9.17) is 0 Å². The molecule has 2 aromatic rings. The number of hydrogen-bond acceptors (Lipinski definition) is 4. The molecule has 0 amide bonds. The molecule has 0 spiro atoms. The van der Waals surface area contributed by atoms with Gasteiger partial charge in [0, 0.05) is 70.5 Å². The zero-order chi connectivity index (χ0) is 30.5. The number of fused-ring (bicyclic) bond motifs is 3. The first-order chi connectivity index (χ1) is 19.7. The summed E-state index contributed by atoms with van der Waals surface area (Å²) in [5.41, 5.74) is 7.27. The van der Waals surface area contributed by atoms with Gasteiger partial charge < -0.3 is 0 Å². The molecule has 0 aromatic heterocycles. The van der Waals surface area contributed by atoms with Crippen molar-refractivity contribution in [3.8, 4) is 0 Å². The van der Waals surface area contributed by atoms with Crippen LogP contribution in [0.5, 0.6) is 0 Å². The van der Waals surface area contributed by atoms with Crippen LogP contribution in [-0.2, 0) is 26.1 Å². The van der Waals surface area contributed by atoms with Crippen LogP contribution in [0.25, 0.3) is 0 Å². The standard InChI is InChI=1S/C14H21N.C13H19N.C11H22N2/c1-14(2,3)11-15-9-8-12-6-4-5-7-13(12)10-15;1-13(2,3)10-14-8-11-6-4-5-7-12(11)9-14;1-11(2,3)13-8-7-12-6-4-5-10(12)9-13/h4-7H,8-11H2,1-3H3;4-7H,8-10H2,1-3H3;10H,4-9H2,1-3H3. The minimum absolute atomic E-state index is 0.370. The summed E-state index contributed by atoms with van der Waals surface area (Å²) in [5, 5.41) is 0. The smallest absolute Gasteiger partial charge is 0.0240 e. The Bertz CT molecular complexity index is 1090. The number of benzene rings is 2. The molecule has 4 nitrogen and oxygen atoms in total. The average Bonchev–Trinajstić information content (AvgIpc) is 3.52. The summed E-state index contributed by atoms with van der Waals surface area (Å²) in [5.74, 6) is 0. The Morgan fingerprint density at radius 1 is 0.595 bits per heavy atom. The van der Waals surface area contributed by atoms with Crippen molar-refractivity contribution in [2.24, 2.45) is 10.8 Å². The van der Waals surface area contributed by atoms with E-state index in [2.05, 4.69) is 130 Å². The lowest BCUT2D eigenvalue weighted by atomic mass is 9.93. The Balaban J connectivity index is 0.000000145. The summed E-state index contributed by atoms with van der Waals surface area (Å²) < 4.78 is 0. The van der Waals surface area contributed by atoms with E-state index in [9.17, 15) is 0 Å². The van der Waals surface area contributed by atoms with E-state index in [1.165, 1.54) is 81.8 Å². The van der Waals surface area contributed by atoms with Crippen molar-refractivity contribution in [3.63, 3.8) is 0 Å². The van der Waals surface area contributed by atoms with Gasteiger partial charge in [-0.15, -0.1) is 0 Å². The quantitative estimate of drug-likeness (QED) is 0.364. The monoisotopic (exact) mass is 574 g/mol. The van der Waals surface area contributed by atoms with Crippen molar-refractivity contribution in [2.45, 2.75) is 113 Å². The minimum Gasteiger partial charge on any atom is -0.298 e. The van der Waals surface area contributed by atoms with Gasteiger partial charge in [-0.3, -0.25) is 19.6 Å². The van der Waals surface area contributed by atoms with Crippen LogP contribution in [0.15, 0.2) is 48.5 Å². The molecule has 1 atom stereocenters. The van der Waals surface area contributed by atoms with Crippen molar-refractivity contribution in [3.05, 3.63) is 70.8 Å². The lowest BCUT2D eigenvalue weighted by molar-refractivity contribution is 0.0413. The summed E-state index contributed by atoms with van der Waals surface area (Å²) in [4.78, 5) is 10.4. The summed E-state index contributed by atoms with van der Waals surface area (Å²) >= 11 is 0. The summed E-state index contributed by atoms with van der Waals surface area (Å²) in [6.07, 6.45) is 4.06. The van der Waals surface area contributed by atoms with Crippen LogP contribution in [-0.4, -0.2) is 77.0 Å². The Morgan fingerprint density at radius 2 is 1.10 bits per heavy atom. The summed E-state index contributed by atoms with van der Waals surface area (Å²) in [7, 11) is 0. The van der Waals surface area contributed by atoms with Gasteiger partial charge >= 0.3 is 0 Å². The van der Waals surface area contributed by atoms with Crippen LogP contribution in [0.4, 0.5) is 0 Å². The van der Waals surface area contributed by atoms with E-state index >= 15 is 0 Å². The second-order valence-electron chi connectivity index (χ2n) is 16.7. The predicted octanol–water partition coefficient (Wildman–Crippen LogP) is 7.70. The Hall–Kier alpha value is -1.72. The highest BCUT2D eigenvalue weighted by Gasteiger charge is 2.34. The molecule has 4 aliphatic rings. The van der Waals surface area contributed by atoms with E-state index in [1.807, 2.05) is 0 Å². The fourth-order valence-electron chi connectivity index (χ4n) is 7.15. The van der Waals surface area contributed by atoms with Crippen LogP contribution in [0, 0.1) is 10.8 Å². The molecule has 4 heteroatoms. The van der Waals surface area contributed by atoms with Crippen molar-refractivity contribution in [1.29, 1.82) is 0 Å². The van der Waals surface area contributed by atoms with E-state index in [1.54, 1.807) is 5.56 Å². The molecule has 4 aliphatic heterocycles. The van der Waals surface area contributed by atoms with Crippen LogP contribution in [0.3, 0.4) is 0 Å². The van der Waals surface area contributed by atoms with Crippen molar-refractivity contribution >= 4 is 0 Å². The topological polar surface area (TPSA) is 13.0 Å². The molecule has 0 saturated carbocycles. The summed E-state index contributed by atoms with van der Waals surface area (Å²) in [6.45, 7) is 33.0. The van der Waals surface area contributed by atoms with E-state index in [-0.39, 0.29) is 0 Å². The third kappa shape index (κ3) is 10.2. The number of piperazine rings is 1. The van der Waals surface area contributed by atoms with Gasteiger partial charge in [-0.2, -0.15) is 0 Å². The molecular weight excluding hydrogens is 512 g/mol. The summed E-state index contributed by atoms with van der Waals surface area (Å²) in [6, 6.07) is 18.5. The van der Waals surface area contributed by atoms with E-state index < -0.39 is 0 Å². The lowest BCUT2D eigenvalue weighted by Gasteiger charge is -2.44. The Morgan fingerprint density at radius 3 is 1.64 bits per heavy atom. The van der Waals surface area contributed by atoms with Gasteiger partial charge in [0.25, 0.3) is 0 Å². The van der Waals surface area contributed by atoms with Gasteiger partial charge in [0.2, 0.25) is 0 Å². The number of nitrogens with zero attached hydrogens (tertiary/aromatic N) is 4. The minimum atomic E-state index is 0.370. The predicted molar refractivity (Wildman–Crippen MR) is 181 cm³/mol. The normalized spacial score (nSPS) is 21.9. The second kappa shape index (κ2) is 13.9. The molecule has 2 saturated heterocycles. The molecule has 6 rings (SSSR count). The largest absolute Gasteiger partial charge is 0.298 e. The van der Waals surface area contributed by atoms with Crippen molar-refractivity contribution in [2.75, 3.05) is 45.8 Å². The first-order valence-electron chi connectivity index (χ1n) is 16.7. The fourth-order valence-corrected chi connectivity index (χ4v) is 7.15. The van der Waals surface area contributed by atoms with E-state index in [0.717, 1.165) is 25.7 Å². The van der Waals surface area contributed by atoms with Gasteiger partial charge in [-0.05, 0) is 79.7 Å². The van der Waals surface area contributed by atoms with Gasteiger partial charge in [-0.25, -0.2) is 0 Å². The van der Waals surface area contributed by atoms with E-state index in [0.29, 0.717) is 16.4 Å². The molecule has 0 radical (unpaired) electrons. The molecule has 42 heavy (non-hydrogen) atoms. The maximum absolute atomic E-state index is 2.67. The van der Waals surface area contributed by atoms with Gasteiger partial charge in [0.1, 0.15) is 0 Å². The van der Waals surface area contributed by atoms with Crippen LogP contribution in [0.1, 0.15) is 97.4 Å². The molecule has 0 N–H and O–H groups in total. The molecule has 0 bridgehead atoms. The fraction of sp³-hybridized carbons (Fsp3) is 0.684. The highest BCUT2D eigenvalue weighted by atomic mass is 15.3. The third-order valence-corrected chi connectivity index (χ3v) is 9.05. The first kappa shape index (κ1) is 33.2. The highest BCUT2D eigenvalue weighted by Crippen LogP contribution is 2.27. The third-order valence-electron chi connectivity index (χ3n) is 9.05. The lowest BCUT2D eigenvalue weighted by Crippen LogP contribution is -2.56. The molecule has 2 aromatic carbocycles. The maximum atomic E-state index is 2.67. The van der Waals surface area contributed by atoms with Gasteiger partial charge in [0.05, 0.1) is 0 Å². The zero-order valence-corrected chi connectivity index (χ0v) is 28.7. The molecule has 0 aliphatic carbocycles. The van der Waals surface area contributed by atoms with Crippen LogP contribution >= 0.6 is 0 Å². The maximum Gasteiger partial charge on any atom is 0.0240 e. The Kier molecular flexibility index (Phi) is 11.0. The van der Waals surface area contributed by atoms with Gasteiger partial charge in [0.15, 0.2) is 0 Å². The first-order valence-corrected chi connectivity index (χ1v) is 16.7. The van der Waals surface area contributed by atoms with Crippen molar-refractivity contribution in [1.82, 2.24) is 19.6 Å². The molecule has 2 fully saturated rings.